The van der Waals surface area contributed by atoms with Crippen LogP contribution in [0.15, 0.2) is 95.6 Å². The molecule has 15 heteroatoms. The first-order valence-corrected chi connectivity index (χ1v) is 16.5. The normalized spacial score (nSPS) is 18.2. The van der Waals surface area contributed by atoms with Crippen LogP contribution in [-0.4, -0.2) is 41.1 Å². The molecule has 1 aliphatic heterocycles. The summed E-state index contributed by atoms with van der Waals surface area (Å²) >= 11 is 0. The Hall–Kier alpha value is -6.25. The average molecular weight is 710 g/mol. The zero-order chi connectivity index (χ0) is 36.9. The standard InChI is InChI=1S/C37H30F3N7O5/c1-21(2)23-8-10-24(11-9-23)30-19-32(37(38,39)40)44-33(41-30)20-31(42-44)36(48)45-35(25-12-16-28(17-13-25)47(51)52)29-5-3-4-26(34(29)43-45)18-22-6-14-27(15-7-22)46(49)50/h6-21,29,35H,3-5H2,1-2H3/b26-18+. The van der Waals surface area contributed by atoms with E-state index in [-0.39, 0.29) is 40.2 Å². The molecule has 52 heavy (non-hydrogen) atoms. The number of hydrazone groups is 1. The van der Waals surface area contributed by atoms with Crippen LogP contribution in [0, 0.1) is 26.1 Å². The third-order valence-corrected chi connectivity index (χ3v) is 9.41. The summed E-state index contributed by atoms with van der Waals surface area (Å²) in [6.45, 7) is 4.02. The van der Waals surface area contributed by atoms with Crippen molar-refractivity contribution in [1.82, 2.24) is 19.6 Å². The molecule has 264 valence electrons. The number of carbonyl (C=O) groups excluding carboxylic acids is 1. The van der Waals surface area contributed by atoms with Gasteiger partial charge in [0.1, 0.15) is 0 Å². The van der Waals surface area contributed by atoms with Crippen molar-refractivity contribution < 1.29 is 27.8 Å². The predicted molar refractivity (Wildman–Crippen MR) is 185 cm³/mol. The Balaban J connectivity index is 1.31. The molecule has 1 amide bonds. The van der Waals surface area contributed by atoms with Crippen molar-refractivity contribution in [3.8, 4) is 11.3 Å². The maximum atomic E-state index is 14.5. The number of nitro groups is 2. The van der Waals surface area contributed by atoms with Gasteiger partial charge in [0, 0.05) is 41.8 Å². The number of carbonyl (C=O) groups is 1. The number of alkyl halides is 3. The van der Waals surface area contributed by atoms with Crippen LogP contribution >= 0.6 is 0 Å². The number of nitrogens with zero attached hydrogens (tertiary/aromatic N) is 7. The summed E-state index contributed by atoms with van der Waals surface area (Å²) in [5.74, 6) is -0.911. The first-order chi connectivity index (χ1) is 24.8. The van der Waals surface area contributed by atoms with E-state index in [0.29, 0.717) is 46.2 Å². The molecule has 12 nitrogen and oxygen atoms in total. The lowest BCUT2D eigenvalue weighted by atomic mass is 9.77. The fraction of sp³-hybridized carbons (Fsp3) is 0.243. The van der Waals surface area contributed by atoms with Crippen molar-refractivity contribution in [3.63, 3.8) is 0 Å². The summed E-state index contributed by atoms with van der Waals surface area (Å²) in [7, 11) is 0. The molecule has 2 aromatic heterocycles. The van der Waals surface area contributed by atoms with Gasteiger partial charge in [0.05, 0.1) is 27.3 Å². The van der Waals surface area contributed by atoms with Gasteiger partial charge in [-0.05, 0) is 71.7 Å². The molecule has 0 spiro atoms. The topological polar surface area (TPSA) is 149 Å². The molecule has 1 aliphatic carbocycles. The van der Waals surface area contributed by atoms with Gasteiger partial charge in [-0.3, -0.25) is 25.0 Å². The van der Waals surface area contributed by atoms with Gasteiger partial charge in [-0.15, -0.1) is 0 Å². The van der Waals surface area contributed by atoms with Gasteiger partial charge in [0.25, 0.3) is 17.3 Å². The zero-order valence-corrected chi connectivity index (χ0v) is 27.8. The third-order valence-electron chi connectivity index (χ3n) is 9.41. The number of rotatable bonds is 7. The van der Waals surface area contributed by atoms with Crippen LogP contribution in [0.25, 0.3) is 23.0 Å². The lowest BCUT2D eigenvalue weighted by Crippen LogP contribution is -2.32. The number of hydrogen-bond donors (Lipinski definition) is 0. The van der Waals surface area contributed by atoms with Crippen LogP contribution in [0.1, 0.15) is 77.9 Å². The Kier molecular flexibility index (Phi) is 8.64. The largest absolute Gasteiger partial charge is 0.433 e. The number of benzene rings is 3. The number of fused-ring (bicyclic) bond motifs is 2. The highest BCUT2D eigenvalue weighted by atomic mass is 19.4. The molecule has 1 fully saturated rings. The summed E-state index contributed by atoms with van der Waals surface area (Å²) in [6.07, 6.45) is -1.08. The van der Waals surface area contributed by atoms with Crippen molar-refractivity contribution in [2.45, 2.75) is 51.2 Å². The maximum Gasteiger partial charge on any atom is 0.433 e. The Morgan fingerprint density at radius 3 is 2.15 bits per heavy atom. The molecule has 3 heterocycles. The summed E-state index contributed by atoms with van der Waals surface area (Å²) in [5, 5.41) is 32.6. The minimum Gasteiger partial charge on any atom is -0.265 e. The molecule has 0 bridgehead atoms. The number of nitro benzene ring substituents is 2. The first kappa shape index (κ1) is 34.2. The van der Waals surface area contributed by atoms with Crippen LogP contribution in [-0.2, 0) is 6.18 Å². The number of aromatic nitrogens is 3. The van der Waals surface area contributed by atoms with Gasteiger partial charge in [-0.1, -0.05) is 50.2 Å². The van der Waals surface area contributed by atoms with E-state index in [4.69, 9.17) is 5.10 Å². The second-order valence-corrected chi connectivity index (χ2v) is 13.0. The monoisotopic (exact) mass is 709 g/mol. The van der Waals surface area contributed by atoms with Crippen LogP contribution in [0.5, 0.6) is 0 Å². The Bertz CT molecular complexity index is 2280. The van der Waals surface area contributed by atoms with E-state index in [0.717, 1.165) is 17.2 Å². The van der Waals surface area contributed by atoms with E-state index in [1.165, 1.54) is 35.3 Å². The Morgan fingerprint density at radius 1 is 0.923 bits per heavy atom. The van der Waals surface area contributed by atoms with Crippen LogP contribution in [0.3, 0.4) is 0 Å². The second-order valence-electron chi connectivity index (χ2n) is 13.0. The van der Waals surface area contributed by atoms with Gasteiger partial charge >= 0.3 is 6.18 Å². The fourth-order valence-corrected chi connectivity index (χ4v) is 6.77. The number of amides is 1. The number of hydrogen-bond acceptors (Lipinski definition) is 8. The van der Waals surface area contributed by atoms with Crippen LogP contribution in [0.4, 0.5) is 24.5 Å². The van der Waals surface area contributed by atoms with E-state index in [1.807, 2.05) is 32.1 Å². The molecule has 2 unspecified atom stereocenters. The van der Waals surface area contributed by atoms with Gasteiger partial charge in [-0.2, -0.15) is 23.4 Å². The van der Waals surface area contributed by atoms with Gasteiger partial charge in [0.15, 0.2) is 17.0 Å². The molecule has 3 aromatic carbocycles. The lowest BCUT2D eigenvalue weighted by molar-refractivity contribution is -0.385. The van der Waals surface area contributed by atoms with E-state index in [2.05, 4.69) is 10.1 Å². The molecule has 1 saturated carbocycles. The first-order valence-electron chi connectivity index (χ1n) is 16.5. The van der Waals surface area contributed by atoms with E-state index in [1.54, 1.807) is 36.4 Å². The molecule has 0 saturated heterocycles. The minimum atomic E-state index is -4.83. The summed E-state index contributed by atoms with van der Waals surface area (Å²) < 4.78 is 44.0. The molecule has 5 aromatic rings. The van der Waals surface area contributed by atoms with E-state index in [9.17, 15) is 38.2 Å². The average Bonchev–Trinajstić information content (AvgIpc) is 3.74. The highest BCUT2D eigenvalue weighted by Gasteiger charge is 2.45. The molecule has 2 atom stereocenters. The summed E-state index contributed by atoms with van der Waals surface area (Å²) in [6, 6.07) is 20.1. The molecule has 7 rings (SSSR count). The smallest absolute Gasteiger partial charge is 0.265 e. The maximum absolute atomic E-state index is 14.5. The predicted octanol–water partition coefficient (Wildman–Crippen LogP) is 8.79. The Labute approximate surface area is 294 Å². The van der Waals surface area contributed by atoms with Crippen molar-refractivity contribution >= 4 is 34.7 Å². The molecular formula is C37H30F3N7O5. The quantitative estimate of drug-likeness (QED) is 0.121. The highest BCUT2D eigenvalue weighted by molar-refractivity contribution is 6.09. The zero-order valence-electron chi connectivity index (χ0n) is 27.8. The van der Waals surface area contributed by atoms with Crippen LogP contribution in [0.2, 0.25) is 0 Å². The van der Waals surface area contributed by atoms with Crippen LogP contribution < -0.4 is 0 Å². The third kappa shape index (κ3) is 6.40. The van der Waals surface area contributed by atoms with E-state index < -0.39 is 33.7 Å². The number of allylic oxidation sites excluding steroid dienone is 1. The number of halogens is 3. The van der Waals surface area contributed by atoms with Gasteiger partial charge < -0.3 is 0 Å². The summed E-state index contributed by atoms with van der Waals surface area (Å²) in [5.41, 5.74) is 2.30. The lowest BCUT2D eigenvalue weighted by Gasteiger charge is -2.29. The second kappa shape index (κ2) is 13.1. The van der Waals surface area contributed by atoms with Gasteiger partial charge in [0.2, 0.25) is 0 Å². The summed E-state index contributed by atoms with van der Waals surface area (Å²) in [4.78, 5) is 40.3. The van der Waals surface area contributed by atoms with Crippen molar-refractivity contribution in [3.05, 3.63) is 139 Å². The van der Waals surface area contributed by atoms with Crippen molar-refractivity contribution in [1.29, 1.82) is 0 Å². The van der Waals surface area contributed by atoms with Crippen molar-refractivity contribution in [2.75, 3.05) is 0 Å². The Morgan fingerprint density at radius 2 is 1.56 bits per heavy atom. The molecule has 0 radical (unpaired) electrons. The molecular weight excluding hydrogens is 679 g/mol. The fourth-order valence-electron chi connectivity index (χ4n) is 6.77. The van der Waals surface area contributed by atoms with E-state index >= 15 is 0 Å². The molecule has 0 N–H and O–H groups in total. The molecule has 2 aliphatic rings. The number of non-ortho nitro benzene ring substituents is 2. The minimum absolute atomic E-state index is 0.0613. The van der Waals surface area contributed by atoms with Gasteiger partial charge in [-0.25, -0.2) is 14.5 Å². The SMILES string of the molecule is CC(C)c1ccc(-c2cc(C(F)(F)F)n3nc(C(=O)N4N=C5/C(=C/c6ccc([N+](=O)[O-])cc6)CCCC5C4c4ccc([N+](=O)[O-])cc4)cc3n2)cc1. The van der Waals surface area contributed by atoms with Crippen molar-refractivity contribution in [2.24, 2.45) is 11.0 Å². The highest BCUT2D eigenvalue weighted by Crippen LogP contribution is 2.45.